The summed E-state index contributed by atoms with van der Waals surface area (Å²) in [6.07, 6.45) is 5.79. The number of aromatic amines is 1. The summed E-state index contributed by atoms with van der Waals surface area (Å²) in [7, 11) is 0. The normalized spacial score (nSPS) is 36.7. The quantitative estimate of drug-likeness (QED) is 0.342. The van der Waals surface area contributed by atoms with E-state index in [9.17, 15) is 24.6 Å². The van der Waals surface area contributed by atoms with Crippen LogP contribution in [-0.2, 0) is 20.8 Å². The molecule has 1 aromatic carbocycles. The second-order valence-corrected chi connectivity index (χ2v) is 12.1. The summed E-state index contributed by atoms with van der Waals surface area (Å²) in [5, 5.41) is 26.3. The van der Waals surface area contributed by atoms with E-state index in [0.717, 1.165) is 27.6 Å². The third kappa shape index (κ3) is 3.48. The van der Waals surface area contributed by atoms with Crippen molar-refractivity contribution in [2.24, 2.45) is 35.0 Å². The highest BCUT2D eigenvalue weighted by atomic mass is 16.3. The monoisotopic (exact) mass is 528 g/mol. The number of amides is 1. The lowest BCUT2D eigenvalue weighted by atomic mass is 9.53. The van der Waals surface area contributed by atoms with Crippen molar-refractivity contribution in [3.8, 4) is 0 Å². The number of allylic oxidation sites excluding steroid dienone is 3. The van der Waals surface area contributed by atoms with Gasteiger partial charge < -0.3 is 20.5 Å². The van der Waals surface area contributed by atoms with E-state index < -0.39 is 35.1 Å². The Morgan fingerprint density at radius 3 is 2.56 bits per heavy atom. The van der Waals surface area contributed by atoms with Crippen LogP contribution in [0.25, 0.3) is 10.9 Å². The number of aliphatic hydroxyl groups is 2. The lowest BCUT2D eigenvalue weighted by Crippen LogP contribution is -2.56. The highest BCUT2D eigenvalue weighted by Gasteiger charge is 2.67. The zero-order valence-electron chi connectivity index (χ0n) is 22.8. The Bertz CT molecular complexity index is 1490. The molecule has 0 radical (unpaired) electrons. The first-order valence-electron chi connectivity index (χ1n) is 13.9. The van der Waals surface area contributed by atoms with Crippen LogP contribution >= 0.6 is 0 Å². The number of hydrogen-bond acceptors (Lipinski definition) is 5. The molecule has 204 valence electrons. The second-order valence-electron chi connectivity index (χ2n) is 12.1. The molecule has 0 unspecified atom stereocenters. The topological polar surface area (TPSA) is 119 Å². The maximum Gasteiger partial charge on any atom is 0.235 e. The molecule has 1 amide bonds. The fourth-order valence-electron chi connectivity index (χ4n) is 8.27. The predicted molar refractivity (Wildman–Crippen MR) is 148 cm³/mol. The SMILES string of the molecule is CC1=C(O)C(=O)[C@@H]2CC(=O)[C@@]34C(=O)N[C@@H](Cc5c[nH]c6ccccc56)[C@@H]3C(C)=C(C)[C@@H](O)[C@@H]4C=CC[C@H](C)[C@@H]12. The van der Waals surface area contributed by atoms with Crippen molar-refractivity contribution in [2.75, 3.05) is 0 Å². The Morgan fingerprint density at radius 2 is 1.79 bits per heavy atom. The van der Waals surface area contributed by atoms with Crippen LogP contribution in [0, 0.1) is 35.0 Å². The van der Waals surface area contributed by atoms with E-state index in [1.165, 1.54) is 0 Å². The number of H-pyrrole nitrogens is 1. The van der Waals surface area contributed by atoms with E-state index in [1.54, 1.807) is 6.92 Å². The molecule has 0 saturated carbocycles. The minimum absolute atomic E-state index is 0.0173. The molecule has 39 heavy (non-hydrogen) atoms. The average Bonchev–Trinajstić information content (AvgIpc) is 3.52. The Kier molecular flexibility index (Phi) is 5.99. The molecule has 4 aliphatic rings. The molecule has 1 fully saturated rings. The number of aliphatic hydroxyl groups excluding tert-OH is 2. The van der Waals surface area contributed by atoms with Crippen LogP contribution in [0.3, 0.4) is 0 Å². The van der Waals surface area contributed by atoms with Crippen LogP contribution in [0.2, 0.25) is 0 Å². The summed E-state index contributed by atoms with van der Waals surface area (Å²) in [4.78, 5) is 45.2. The first-order chi connectivity index (χ1) is 18.6. The number of ketones is 2. The Morgan fingerprint density at radius 1 is 1.05 bits per heavy atom. The first kappa shape index (κ1) is 25.8. The van der Waals surface area contributed by atoms with Crippen LogP contribution in [0.15, 0.2) is 65.1 Å². The molecule has 3 aliphatic carbocycles. The van der Waals surface area contributed by atoms with Gasteiger partial charge in [0, 0.05) is 47.3 Å². The summed E-state index contributed by atoms with van der Waals surface area (Å²) < 4.78 is 0. The minimum atomic E-state index is -1.53. The van der Waals surface area contributed by atoms with Gasteiger partial charge >= 0.3 is 0 Å². The molecule has 1 spiro atoms. The Labute approximate surface area is 228 Å². The van der Waals surface area contributed by atoms with Crippen molar-refractivity contribution in [3.05, 3.63) is 70.7 Å². The van der Waals surface area contributed by atoms with Gasteiger partial charge in [0.05, 0.1) is 6.10 Å². The standard InChI is InChI=1S/C32H36N2O5/c1-15-8-7-10-22-28(36)17(3)16(2)27-24(12-19-14-33-23-11-6-5-9-20(19)23)34-31(39)32(22,27)25(35)13-21-26(15)18(4)29(37)30(21)38/h5-7,9-11,14-15,21-22,24,26-28,33,36-37H,8,12-13H2,1-4H3,(H,34,39)/t15-,21+,22-,24-,26-,27-,28+,32+/m0/s1. The molecule has 1 saturated heterocycles. The molecule has 4 N–H and O–H groups in total. The highest BCUT2D eigenvalue weighted by Crippen LogP contribution is 2.56. The van der Waals surface area contributed by atoms with Crippen molar-refractivity contribution in [1.82, 2.24) is 10.3 Å². The zero-order valence-corrected chi connectivity index (χ0v) is 22.8. The highest BCUT2D eigenvalue weighted by molar-refractivity contribution is 6.11. The molecule has 2 aromatic rings. The number of benzene rings is 1. The second kappa shape index (κ2) is 9.05. The van der Waals surface area contributed by atoms with Gasteiger partial charge in [-0.1, -0.05) is 42.8 Å². The number of rotatable bonds is 2. The summed E-state index contributed by atoms with van der Waals surface area (Å²) in [5.41, 5.74) is 2.77. The molecule has 1 aromatic heterocycles. The van der Waals surface area contributed by atoms with Gasteiger partial charge in [-0.2, -0.15) is 0 Å². The van der Waals surface area contributed by atoms with E-state index in [-0.39, 0.29) is 41.7 Å². The van der Waals surface area contributed by atoms with Crippen LogP contribution < -0.4 is 5.32 Å². The molecule has 7 nitrogen and oxygen atoms in total. The maximum atomic E-state index is 14.6. The van der Waals surface area contributed by atoms with Crippen molar-refractivity contribution < 1.29 is 24.6 Å². The number of carbonyl (C=O) groups is 3. The zero-order chi connectivity index (χ0) is 27.8. The summed E-state index contributed by atoms with van der Waals surface area (Å²) >= 11 is 0. The van der Waals surface area contributed by atoms with Crippen molar-refractivity contribution >= 4 is 28.4 Å². The maximum absolute atomic E-state index is 14.6. The molecule has 1 aliphatic heterocycles. The van der Waals surface area contributed by atoms with E-state index >= 15 is 0 Å². The molecule has 2 heterocycles. The predicted octanol–water partition coefficient (Wildman–Crippen LogP) is 4.34. The largest absolute Gasteiger partial charge is 0.504 e. The van der Waals surface area contributed by atoms with Gasteiger partial charge in [-0.15, -0.1) is 0 Å². The minimum Gasteiger partial charge on any atom is -0.504 e. The van der Waals surface area contributed by atoms with E-state index in [2.05, 4.69) is 10.3 Å². The number of Topliss-reactive ketones (excluding diaryl/α,β-unsaturated/α-hetero) is 2. The van der Waals surface area contributed by atoms with Crippen molar-refractivity contribution in [2.45, 2.75) is 59.1 Å². The van der Waals surface area contributed by atoms with E-state index in [4.69, 9.17) is 0 Å². The smallest absolute Gasteiger partial charge is 0.235 e. The lowest BCUT2D eigenvalue weighted by Gasteiger charge is -2.47. The van der Waals surface area contributed by atoms with Crippen LogP contribution in [0.4, 0.5) is 0 Å². The van der Waals surface area contributed by atoms with Gasteiger partial charge in [0.25, 0.3) is 0 Å². The molecule has 0 bridgehead atoms. The number of hydrogen-bond donors (Lipinski definition) is 4. The summed E-state index contributed by atoms with van der Waals surface area (Å²) in [5.74, 6) is -3.55. The average molecular weight is 529 g/mol. The summed E-state index contributed by atoms with van der Waals surface area (Å²) in [6, 6.07) is 7.64. The first-order valence-corrected chi connectivity index (χ1v) is 13.9. The number of aromatic nitrogens is 1. The van der Waals surface area contributed by atoms with Gasteiger partial charge in [-0.25, -0.2) is 0 Å². The van der Waals surface area contributed by atoms with Gasteiger partial charge in [0.1, 0.15) is 5.41 Å². The van der Waals surface area contributed by atoms with Crippen LogP contribution in [0.1, 0.15) is 46.1 Å². The summed E-state index contributed by atoms with van der Waals surface area (Å²) in [6.45, 7) is 7.59. The molecular formula is C32H36N2O5. The Balaban J connectivity index is 1.48. The fourth-order valence-corrected chi connectivity index (χ4v) is 8.27. The van der Waals surface area contributed by atoms with Gasteiger partial charge in [0.2, 0.25) is 11.7 Å². The van der Waals surface area contributed by atoms with Gasteiger partial charge in [0.15, 0.2) is 11.5 Å². The van der Waals surface area contributed by atoms with Gasteiger partial charge in [-0.3, -0.25) is 14.4 Å². The van der Waals surface area contributed by atoms with Crippen LogP contribution in [-0.4, -0.2) is 44.8 Å². The molecular weight excluding hydrogens is 492 g/mol. The van der Waals surface area contributed by atoms with Crippen LogP contribution in [0.5, 0.6) is 0 Å². The third-order valence-corrected chi connectivity index (χ3v) is 10.3. The van der Waals surface area contributed by atoms with E-state index in [1.807, 2.05) is 63.4 Å². The fraction of sp³-hybridized carbons (Fsp3) is 0.469. The Hall–Kier alpha value is -3.45. The lowest BCUT2D eigenvalue weighted by molar-refractivity contribution is -0.149. The van der Waals surface area contributed by atoms with Crippen molar-refractivity contribution in [1.29, 1.82) is 0 Å². The number of nitrogens with one attached hydrogen (secondary N) is 2. The third-order valence-electron chi connectivity index (χ3n) is 10.3. The molecule has 6 rings (SSSR count). The number of carbonyl (C=O) groups excluding carboxylic acids is 3. The number of fused-ring (bicyclic) bond motifs is 2. The molecule has 8 atom stereocenters. The van der Waals surface area contributed by atoms with Crippen molar-refractivity contribution in [3.63, 3.8) is 0 Å². The van der Waals surface area contributed by atoms with Gasteiger partial charge in [-0.05, 0) is 68.2 Å². The number of para-hydroxylation sites is 1. The van der Waals surface area contributed by atoms with E-state index in [0.29, 0.717) is 18.4 Å². The molecule has 7 heteroatoms.